The summed E-state index contributed by atoms with van der Waals surface area (Å²) >= 11 is 0. The summed E-state index contributed by atoms with van der Waals surface area (Å²) in [6, 6.07) is 8.00. The molecular formula is C7H8O3SZn. The van der Waals surface area contributed by atoms with E-state index < -0.39 is 10.1 Å². The summed E-state index contributed by atoms with van der Waals surface area (Å²) in [5.74, 6) is 0. The van der Waals surface area contributed by atoms with Crippen LogP contribution in [0.4, 0.5) is 0 Å². The third-order valence-electron chi connectivity index (χ3n) is 1.25. The van der Waals surface area contributed by atoms with E-state index in [-0.39, 0.29) is 24.4 Å². The van der Waals surface area contributed by atoms with E-state index in [1.54, 1.807) is 18.2 Å². The topological polar surface area (TPSA) is 43.4 Å². The Kier molecular flexibility index (Phi) is 4.60. The number of benzene rings is 1. The van der Waals surface area contributed by atoms with Gasteiger partial charge in [0, 0.05) is 19.5 Å². The Labute approximate surface area is 84.6 Å². The number of hydrogen-bond donors (Lipinski definition) is 0. The van der Waals surface area contributed by atoms with Crippen LogP contribution in [0.25, 0.3) is 0 Å². The van der Waals surface area contributed by atoms with Crippen molar-refractivity contribution in [1.29, 1.82) is 0 Å². The minimum atomic E-state index is -3.50. The Hall–Kier alpha value is -0.247. The first kappa shape index (κ1) is 11.8. The van der Waals surface area contributed by atoms with Crippen molar-refractivity contribution in [3.63, 3.8) is 0 Å². The zero-order valence-corrected chi connectivity index (χ0v) is 10.5. The van der Waals surface area contributed by atoms with Crippen molar-refractivity contribution in [2.75, 3.05) is 7.11 Å². The summed E-state index contributed by atoms with van der Waals surface area (Å²) in [5, 5.41) is 0. The van der Waals surface area contributed by atoms with Crippen molar-refractivity contribution in [2.24, 2.45) is 0 Å². The van der Waals surface area contributed by atoms with Crippen LogP contribution in [0.15, 0.2) is 35.2 Å². The van der Waals surface area contributed by atoms with Crippen molar-refractivity contribution >= 4 is 10.1 Å². The maximum Gasteiger partial charge on any atom is 0.296 e. The van der Waals surface area contributed by atoms with Gasteiger partial charge in [0.15, 0.2) is 0 Å². The van der Waals surface area contributed by atoms with Gasteiger partial charge in [0.2, 0.25) is 0 Å². The predicted octanol–water partition coefficient (Wildman–Crippen LogP) is 1.02. The summed E-state index contributed by atoms with van der Waals surface area (Å²) in [5.41, 5.74) is 0. The third-order valence-corrected chi connectivity index (χ3v) is 2.54. The van der Waals surface area contributed by atoms with Gasteiger partial charge in [0.05, 0.1) is 12.0 Å². The molecule has 0 radical (unpaired) electrons. The molecule has 0 aliphatic carbocycles. The molecule has 0 spiro atoms. The Morgan fingerprint density at radius 1 is 1.17 bits per heavy atom. The van der Waals surface area contributed by atoms with Gasteiger partial charge < -0.3 is 0 Å². The van der Waals surface area contributed by atoms with Crippen LogP contribution in [-0.4, -0.2) is 15.5 Å². The van der Waals surface area contributed by atoms with E-state index in [9.17, 15) is 8.42 Å². The van der Waals surface area contributed by atoms with Gasteiger partial charge in [-0.25, -0.2) is 0 Å². The molecule has 1 aromatic rings. The quantitative estimate of drug-likeness (QED) is 0.570. The second kappa shape index (κ2) is 4.70. The Bertz CT molecular complexity index is 320. The van der Waals surface area contributed by atoms with Gasteiger partial charge in [-0.15, -0.1) is 0 Å². The van der Waals surface area contributed by atoms with Crippen molar-refractivity contribution < 1.29 is 32.1 Å². The van der Waals surface area contributed by atoms with Crippen LogP contribution in [0.1, 0.15) is 0 Å². The zero-order valence-electron chi connectivity index (χ0n) is 6.73. The van der Waals surface area contributed by atoms with Crippen molar-refractivity contribution in [2.45, 2.75) is 4.90 Å². The largest absolute Gasteiger partial charge is 0.296 e. The fourth-order valence-electron chi connectivity index (χ4n) is 0.683. The molecule has 0 N–H and O–H groups in total. The summed E-state index contributed by atoms with van der Waals surface area (Å²) in [7, 11) is -2.36. The zero-order chi connectivity index (χ0) is 8.32. The van der Waals surface area contributed by atoms with E-state index in [0.29, 0.717) is 0 Å². The molecule has 62 valence electrons. The van der Waals surface area contributed by atoms with Crippen LogP contribution in [0.3, 0.4) is 0 Å². The first-order valence-electron chi connectivity index (χ1n) is 3.02. The molecule has 0 heterocycles. The number of rotatable bonds is 2. The molecule has 12 heavy (non-hydrogen) atoms. The van der Waals surface area contributed by atoms with Gasteiger partial charge in [0.1, 0.15) is 0 Å². The minimum absolute atomic E-state index is 0. The van der Waals surface area contributed by atoms with Crippen molar-refractivity contribution in [1.82, 2.24) is 0 Å². The van der Waals surface area contributed by atoms with E-state index >= 15 is 0 Å². The smallest absolute Gasteiger partial charge is 0.270 e. The van der Waals surface area contributed by atoms with Crippen LogP contribution >= 0.6 is 0 Å². The van der Waals surface area contributed by atoms with Crippen LogP contribution in [0.5, 0.6) is 0 Å². The second-order valence-corrected chi connectivity index (χ2v) is 3.65. The first-order valence-corrected chi connectivity index (χ1v) is 4.43. The standard InChI is InChI=1S/C7H8O3S.Zn/c1-10-11(8,9)7-5-3-2-4-6-7;/h2-6H,1H3;. The molecule has 0 aromatic heterocycles. The average molecular weight is 238 g/mol. The van der Waals surface area contributed by atoms with Gasteiger partial charge in [-0.3, -0.25) is 4.18 Å². The first-order chi connectivity index (χ1) is 5.17. The summed E-state index contributed by atoms with van der Waals surface area (Å²) in [6.07, 6.45) is 0. The molecule has 3 nitrogen and oxygen atoms in total. The summed E-state index contributed by atoms with van der Waals surface area (Å²) < 4.78 is 26.3. The van der Waals surface area contributed by atoms with Gasteiger partial charge in [-0.2, -0.15) is 8.42 Å². The van der Waals surface area contributed by atoms with Crippen LogP contribution < -0.4 is 0 Å². The molecular weight excluding hydrogens is 230 g/mol. The summed E-state index contributed by atoms with van der Waals surface area (Å²) in [4.78, 5) is 0.183. The van der Waals surface area contributed by atoms with E-state index in [1.807, 2.05) is 0 Å². The molecule has 1 aromatic carbocycles. The maximum atomic E-state index is 11.0. The molecule has 0 atom stereocenters. The molecule has 0 saturated heterocycles. The number of hydrogen-bond acceptors (Lipinski definition) is 3. The van der Waals surface area contributed by atoms with Crippen molar-refractivity contribution in [3.8, 4) is 0 Å². The van der Waals surface area contributed by atoms with Crippen LogP contribution in [0.2, 0.25) is 0 Å². The van der Waals surface area contributed by atoms with Gasteiger partial charge in [0.25, 0.3) is 10.1 Å². The van der Waals surface area contributed by atoms with E-state index in [4.69, 9.17) is 0 Å². The maximum absolute atomic E-state index is 11.0. The average Bonchev–Trinajstić information content (AvgIpc) is 2.06. The SMILES string of the molecule is COS(=O)(=O)c1ccccc1.[Zn]. The monoisotopic (exact) mass is 236 g/mol. The predicted molar refractivity (Wildman–Crippen MR) is 40.6 cm³/mol. The Morgan fingerprint density at radius 3 is 2.08 bits per heavy atom. The van der Waals surface area contributed by atoms with Crippen LogP contribution in [0, 0.1) is 0 Å². The normalized spacial score (nSPS) is 10.4. The Balaban J connectivity index is 0.00000121. The molecule has 1 rings (SSSR count). The van der Waals surface area contributed by atoms with Crippen LogP contribution in [-0.2, 0) is 33.8 Å². The molecule has 0 bridgehead atoms. The molecule has 0 amide bonds. The summed E-state index contributed by atoms with van der Waals surface area (Å²) in [6.45, 7) is 0. The van der Waals surface area contributed by atoms with E-state index in [0.717, 1.165) is 7.11 Å². The molecule has 5 heteroatoms. The fraction of sp³-hybridized carbons (Fsp3) is 0.143. The molecule has 0 saturated carbocycles. The van der Waals surface area contributed by atoms with E-state index in [2.05, 4.69) is 4.18 Å². The fourth-order valence-corrected chi connectivity index (χ4v) is 1.37. The van der Waals surface area contributed by atoms with Gasteiger partial charge in [-0.1, -0.05) is 18.2 Å². The molecule has 0 aliphatic heterocycles. The molecule has 0 aliphatic rings. The third kappa shape index (κ3) is 2.66. The molecule has 0 unspecified atom stereocenters. The van der Waals surface area contributed by atoms with E-state index in [1.165, 1.54) is 12.1 Å². The second-order valence-electron chi connectivity index (χ2n) is 1.93. The molecule has 0 fully saturated rings. The van der Waals surface area contributed by atoms with Crippen molar-refractivity contribution in [3.05, 3.63) is 30.3 Å². The Morgan fingerprint density at radius 2 is 1.67 bits per heavy atom. The van der Waals surface area contributed by atoms with Gasteiger partial charge >= 0.3 is 0 Å². The van der Waals surface area contributed by atoms with Gasteiger partial charge in [-0.05, 0) is 12.1 Å². The minimum Gasteiger partial charge on any atom is -0.270 e.